The first-order chi connectivity index (χ1) is 11.9. The molecule has 1 heterocycles. The van der Waals surface area contributed by atoms with Crippen molar-refractivity contribution in [3.05, 3.63) is 30.3 Å². The minimum Gasteiger partial charge on any atom is -0.458 e. The molecule has 1 saturated heterocycles. The molecule has 0 amide bonds. The van der Waals surface area contributed by atoms with Crippen molar-refractivity contribution in [2.24, 2.45) is 0 Å². The van der Waals surface area contributed by atoms with Gasteiger partial charge in [0, 0.05) is 31.4 Å². The molecule has 8 heteroatoms. The average Bonchev–Trinajstić information content (AvgIpc) is 2.52. The van der Waals surface area contributed by atoms with E-state index in [4.69, 9.17) is 14.2 Å². The molecule has 6 nitrogen and oxygen atoms in total. The third-order valence-electron chi connectivity index (χ3n) is 3.30. The molecule has 136 valence electrons. The van der Waals surface area contributed by atoms with Crippen molar-refractivity contribution in [2.75, 3.05) is 5.75 Å². The Morgan fingerprint density at radius 1 is 0.920 bits per heavy atom. The minimum absolute atomic E-state index is 0.192. The molecule has 0 spiro atoms. The van der Waals surface area contributed by atoms with Crippen LogP contribution >= 0.6 is 23.5 Å². The van der Waals surface area contributed by atoms with Crippen LogP contribution in [-0.4, -0.2) is 46.6 Å². The van der Waals surface area contributed by atoms with Gasteiger partial charge in [-0.1, -0.05) is 18.2 Å². The summed E-state index contributed by atoms with van der Waals surface area (Å²) in [6.07, 6.45) is -2.23. The summed E-state index contributed by atoms with van der Waals surface area (Å²) in [6.45, 7) is 3.87. The van der Waals surface area contributed by atoms with Gasteiger partial charge in [0.25, 0.3) is 0 Å². The largest absolute Gasteiger partial charge is 0.458 e. The molecule has 0 bridgehead atoms. The van der Waals surface area contributed by atoms with Crippen LogP contribution in [0, 0.1) is 0 Å². The first kappa shape index (κ1) is 19.7. The van der Waals surface area contributed by atoms with Crippen molar-refractivity contribution in [3.8, 4) is 0 Å². The lowest BCUT2D eigenvalue weighted by atomic mass is 10.1. The van der Waals surface area contributed by atoms with Crippen molar-refractivity contribution >= 4 is 41.4 Å². The summed E-state index contributed by atoms with van der Waals surface area (Å²) in [7, 11) is 0. The number of hydrogen-bond acceptors (Lipinski definition) is 8. The van der Waals surface area contributed by atoms with E-state index in [1.807, 2.05) is 30.3 Å². The van der Waals surface area contributed by atoms with Crippen molar-refractivity contribution in [1.29, 1.82) is 0 Å². The van der Waals surface area contributed by atoms with Gasteiger partial charge in [0.15, 0.2) is 18.3 Å². The van der Waals surface area contributed by atoms with Crippen LogP contribution in [0.5, 0.6) is 0 Å². The Labute approximate surface area is 155 Å². The maximum Gasteiger partial charge on any atom is 0.303 e. The normalized spacial score (nSPS) is 25.7. The predicted molar refractivity (Wildman–Crippen MR) is 95.2 cm³/mol. The molecule has 1 aliphatic heterocycles. The Morgan fingerprint density at radius 3 is 2.04 bits per heavy atom. The second kappa shape index (κ2) is 9.15. The maximum absolute atomic E-state index is 11.6. The predicted octanol–water partition coefficient (Wildman–Crippen LogP) is 2.65. The van der Waals surface area contributed by atoms with E-state index in [0.717, 1.165) is 4.90 Å². The van der Waals surface area contributed by atoms with E-state index in [2.05, 4.69) is 0 Å². The highest BCUT2D eigenvalue weighted by Crippen LogP contribution is 2.41. The van der Waals surface area contributed by atoms with Gasteiger partial charge in [-0.05, 0) is 12.1 Å². The lowest BCUT2D eigenvalue weighted by Crippen LogP contribution is -2.53. The number of carbonyl (C=O) groups excluding carboxylic acids is 3. The zero-order chi connectivity index (χ0) is 18.4. The van der Waals surface area contributed by atoms with E-state index < -0.39 is 36.2 Å². The van der Waals surface area contributed by atoms with Gasteiger partial charge >= 0.3 is 17.9 Å². The fraction of sp³-hybridized carbons (Fsp3) is 0.471. The lowest BCUT2D eigenvalue weighted by molar-refractivity contribution is -0.180. The molecule has 25 heavy (non-hydrogen) atoms. The van der Waals surface area contributed by atoms with Crippen LogP contribution in [0.25, 0.3) is 0 Å². The molecule has 0 aromatic heterocycles. The molecule has 1 fully saturated rings. The van der Waals surface area contributed by atoms with Crippen LogP contribution in [0.15, 0.2) is 35.2 Å². The molecule has 1 aromatic carbocycles. The molecule has 0 aliphatic carbocycles. The van der Waals surface area contributed by atoms with Crippen LogP contribution in [0.4, 0.5) is 0 Å². The van der Waals surface area contributed by atoms with Gasteiger partial charge in [0.2, 0.25) is 0 Å². The monoisotopic (exact) mass is 384 g/mol. The van der Waals surface area contributed by atoms with Gasteiger partial charge in [-0.2, -0.15) is 0 Å². The molecule has 2 rings (SSSR count). The minimum atomic E-state index is -0.840. The second-order valence-corrected chi connectivity index (χ2v) is 8.12. The van der Waals surface area contributed by atoms with E-state index in [9.17, 15) is 14.4 Å². The number of hydrogen-bond donors (Lipinski definition) is 0. The van der Waals surface area contributed by atoms with Crippen LogP contribution in [-0.2, 0) is 28.6 Å². The van der Waals surface area contributed by atoms with Crippen LogP contribution < -0.4 is 0 Å². The van der Waals surface area contributed by atoms with Crippen LogP contribution in [0.1, 0.15) is 20.8 Å². The number of carbonyl (C=O) groups is 3. The molecule has 1 aromatic rings. The van der Waals surface area contributed by atoms with Crippen LogP contribution in [0.3, 0.4) is 0 Å². The first-order valence-electron chi connectivity index (χ1n) is 7.71. The summed E-state index contributed by atoms with van der Waals surface area (Å²) in [5.74, 6) is -1.03. The lowest BCUT2D eigenvalue weighted by Gasteiger charge is -2.39. The highest BCUT2D eigenvalue weighted by molar-refractivity contribution is 8.17. The summed E-state index contributed by atoms with van der Waals surface area (Å²) in [6, 6.07) is 9.66. The van der Waals surface area contributed by atoms with E-state index >= 15 is 0 Å². The van der Waals surface area contributed by atoms with Gasteiger partial charge in [-0.3, -0.25) is 14.4 Å². The Hall–Kier alpha value is -1.67. The third kappa shape index (κ3) is 5.97. The molecule has 0 radical (unpaired) electrons. The molecule has 0 N–H and O–H groups in total. The number of benzene rings is 1. The molecular formula is C17H20O6S2. The smallest absolute Gasteiger partial charge is 0.303 e. The standard InChI is InChI=1S/C17H20O6S2/c1-10(18)21-14-9-24-17(25-13-7-5-4-6-8-13)16(23-12(3)20)15(14)22-11(2)19/h4-8,14-17H,9H2,1-3H3/t14-,15+,16-,17-/m1/s1. The molecule has 4 atom stereocenters. The van der Waals surface area contributed by atoms with Crippen molar-refractivity contribution in [3.63, 3.8) is 0 Å². The summed E-state index contributed by atoms with van der Waals surface area (Å²) in [4.78, 5) is 35.5. The Bertz CT molecular complexity index is 621. The summed E-state index contributed by atoms with van der Waals surface area (Å²) in [5.41, 5.74) is 0. The summed E-state index contributed by atoms with van der Waals surface area (Å²) >= 11 is 3.03. The summed E-state index contributed by atoms with van der Waals surface area (Å²) < 4.78 is 15.9. The molecule has 1 aliphatic rings. The van der Waals surface area contributed by atoms with Gasteiger partial charge < -0.3 is 14.2 Å². The van der Waals surface area contributed by atoms with E-state index in [1.54, 1.807) is 0 Å². The topological polar surface area (TPSA) is 78.9 Å². The van der Waals surface area contributed by atoms with Gasteiger partial charge in [-0.25, -0.2) is 0 Å². The van der Waals surface area contributed by atoms with Gasteiger partial charge in [-0.15, -0.1) is 23.5 Å². The van der Waals surface area contributed by atoms with Crippen molar-refractivity contribution in [1.82, 2.24) is 0 Å². The Balaban J connectivity index is 2.25. The third-order valence-corrected chi connectivity index (χ3v) is 6.16. The quantitative estimate of drug-likeness (QED) is 0.566. The zero-order valence-electron chi connectivity index (χ0n) is 14.2. The Morgan fingerprint density at radius 2 is 1.48 bits per heavy atom. The first-order valence-corrected chi connectivity index (χ1v) is 9.64. The zero-order valence-corrected chi connectivity index (χ0v) is 15.8. The average molecular weight is 384 g/mol. The number of thioether (sulfide) groups is 2. The van der Waals surface area contributed by atoms with E-state index in [-0.39, 0.29) is 4.58 Å². The fourth-order valence-electron chi connectivity index (χ4n) is 2.44. The second-order valence-electron chi connectivity index (χ2n) is 5.43. The van der Waals surface area contributed by atoms with E-state index in [0.29, 0.717) is 5.75 Å². The van der Waals surface area contributed by atoms with E-state index in [1.165, 1.54) is 44.3 Å². The fourth-order valence-corrected chi connectivity index (χ4v) is 5.25. The maximum atomic E-state index is 11.6. The molecular weight excluding hydrogens is 364 g/mol. The van der Waals surface area contributed by atoms with Crippen LogP contribution in [0.2, 0.25) is 0 Å². The number of rotatable bonds is 5. The summed E-state index contributed by atoms with van der Waals surface area (Å²) in [5, 5.41) is 0. The van der Waals surface area contributed by atoms with Crippen molar-refractivity contribution in [2.45, 2.75) is 48.6 Å². The molecule has 0 unspecified atom stereocenters. The van der Waals surface area contributed by atoms with Gasteiger partial charge in [0.1, 0.15) is 0 Å². The Kier molecular flexibility index (Phi) is 7.19. The number of ether oxygens (including phenoxy) is 3. The van der Waals surface area contributed by atoms with Gasteiger partial charge in [0.05, 0.1) is 4.58 Å². The highest BCUT2D eigenvalue weighted by Gasteiger charge is 2.46. The highest BCUT2D eigenvalue weighted by atomic mass is 32.2. The number of esters is 3. The molecule has 0 saturated carbocycles. The van der Waals surface area contributed by atoms with Crippen molar-refractivity contribution < 1.29 is 28.6 Å². The SMILES string of the molecule is CC(=O)O[C@@H]1[C@@H](OC(C)=O)[C@@H](Sc2ccccc2)SC[C@H]1OC(C)=O.